The van der Waals surface area contributed by atoms with Gasteiger partial charge in [-0.1, -0.05) is 18.7 Å². The van der Waals surface area contributed by atoms with Crippen molar-refractivity contribution in [2.45, 2.75) is 12.7 Å². The third-order valence-electron chi connectivity index (χ3n) is 3.48. The van der Waals surface area contributed by atoms with E-state index in [-0.39, 0.29) is 16.7 Å². The number of phenols is 2. The molecule has 0 aliphatic rings. The highest BCUT2D eigenvalue weighted by Crippen LogP contribution is 2.38. The van der Waals surface area contributed by atoms with Crippen molar-refractivity contribution < 1.29 is 50.8 Å². The molecule has 0 amide bonds. The maximum absolute atomic E-state index is 12.5. The van der Waals surface area contributed by atoms with Crippen molar-refractivity contribution in [3.05, 3.63) is 66.3 Å². The van der Waals surface area contributed by atoms with Gasteiger partial charge in [-0.25, -0.2) is 0 Å². The third kappa shape index (κ3) is 6.19. The molecule has 160 valence electrons. The largest absolute Gasteiger partial charge is 0.573 e. The molecule has 0 aromatic heterocycles. The first-order chi connectivity index (χ1) is 13.8. The Balaban J connectivity index is 2.63. The zero-order valence-corrected chi connectivity index (χ0v) is 14.7. The molecule has 2 rings (SSSR count). The molecule has 11 heteroatoms. The maximum Gasteiger partial charge on any atom is 0.573 e. The number of hydrogen-bond donors (Lipinski definition) is 2. The zero-order chi connectivity index (χ0) is 22.7. The van der Waals surface area contributed by atoms with Gasteiger partial charge in [0.05, 0.1) is 0 Å². The molecule has 0 unspecified atom stereocenters. The number of alkyl halides is 6. The number of allylic oxidation sites excluding steroid dienone is 2. The highest BCUT2D eigenvalue weighted by Gasteiger charge is 2.33. The van der Waals surface area contributed by atoms with Crippen LogP contribution in [-0.4, -0.2) is 28.7 Å². The van der Waals surface area contributed by atoms with Crippen LogP contribution in [0.5, 0.6) is 23.0 Å². The molecule has 0 saturated carbocycles. The molecule has 0 bridgehead atoms. The van der Waals surface area contributed by atoms with Gasteiger partial charge in [-0.3, -0.25) is 4.79 Å². The van der Waals surface area contributed by atoms with Gasteiger partial charge < -0.3 is 19.7 Å². The van der Waals surface area contributed by atoms with Crippen molar-refractivity contribution in [2.75, 3.05) is 0 Å². The van der Waals surface area contributed by atoms with Gasteiger partial charge in [0, 0.05) is 0 Å². The molecular weight excluding hydrogens is 422 g/mol. The summed E-state index contributed by atoms with van der Waals surface area (Å²) in [7, 11) is 0. The van der Waals surface area contributed by atoms with E-state index >= 15 is 0 Å². The van der Waals surface area contributed by atoms with Crippen LogP contribution < -0.4 is 9.47 Å². The van der Waals surface area contributed by atoms with Crippen LogP contribution >= 0.6 is 0 Å². The van der Waals surface area contributed by atoms with E-state index in [2.05, 4.69) is 16.1 Å². The average Bonchev–Trinajstić information content (AvgIpc) is 2.61. The van der Waals surface area contributed by atoms with Crippen molar-refractivity contribution in [3.8, 4) is 23.0 Å². The number of halogens is 6. The van der Waals surface area contributed by atoms with Gasteiger partial charge in [0.1, 0.15) is 0 Å². The second-order valence-electron chi connectivity index (χ2n) is 5.63. The number of carbonyl (C=O) groups is 1. The number of carbonyl (C=O) groups excluding carboxylic acids is 1. The molecule has 5 nitrogen and oxygen atoms in total. The van der Waals surface area contributed by atoms with Crippen molar-refractivity contribution in [1.82, 2.24) is 0 Å². The predicted octanol–water partition coefficient (Wildman–Crippen LogP) is 5.08. The van der Waals surface area contributed by atoms with Crippen LogP contribution in [0.3, 0.4) is 0 Å². The summed E-state index contributed by atoms with van der Waals surface area (Å²) in [4.78, 5) is 11.8. The molecule has 0 fully saturated rings. The predicted molar refractivity (Wildman–Crippen MR) is 91.9 cm³/mol. The number of hydrogen-bond acceptors (Lipinski definition) is 5. The number of phenolic OH excluding ortho intramolecular Hbond substituents is 2. The minimum absolute atomic E-state index is 0.120. The molecule has 0 saturated heterocycles. The van der Waals surface area contributed by atoms with Crippen LogP contribution in [0, 0.1) is 0 Å². The Labute approximate surface area is 165 Å². The summed E-state index contributed by atoms with van der Waals surface area (Å²) in [6.07, 6.45) is -8.52. The van der Waals surface area contributed by atoms with Gasteiger partial charge in [0.15, 0.2) is 28.8 Å². The van der Waals surface area contributed by atoms with E-state index in [1.54, 1.807) is 0 Å². The van der Waals surface area contributed by atoms with E-state index in [1.807, 2.05) is 0 Å². The number of ketones is 1. The Morgan fingerprint density at radius 3 is 1.57 bits per heavy atom. The Bertz CT molecular complexity index is 924. The smallest absolute Gasteiger partial charge is 0.504 e. The van der Waals surface area contributed by atoms with Crippen LogP contribution in [0.2, 0.25) is 0 Å². The van der Waals surface area contributed by atoms with Gasteiger partial charge in [-0.05, 0) is 53.1 Å². The highest BCUT2D eigenvalue weighted by molar-refractivity contribution is 6.06. The quantitative estimate of drug-likeness (QED) is 0.490. The Kier molecular flexibility index (Phi) is 6.34. The molecule has 0 heterocycles. The zero-order valence-electron chi connectivity index (χ0n) is 14.7. The normalized spacial score (nSPS) is 11.5. The van der Waals surface area contributed by atoms with E-state index in [1.165, 1.54) is 0 Å². The first kappa shape index (κ1) is 22.7. The number of rotatable bonds is 6. The fourth-order valence-corrected chi connectivity index (χ4v) is 2.31. The molecule has 0 aliphatic carbocycles. The van der Waals surface area contributed by atoms with E-state index in [0.717, 1.165) is 48.6 Å². The summed E-state index contributed by atoms with van der Waals surface area (Å²) < 4.78 is 82.6. The molecular formula is C19H12F6O5. The lowest BCUT2D eigenvalue weighted by Gasteiger charge is -2.15. The second-order valence-corrected chi connectivity index (χ2v) is 5.63. The van der Waals surface area contributed by atoms with Gasteiger partial charge in [0.2, 0.25) is 0 Å². The van der Waals surface area contributed by atoms with Crippen LogP contribution in [-0.2, 0) is 4.79 Å². The lowest BCUT2D eigenvalue weighted by Crippen LogP contribution is -2.17. The monoisotopic (exact) mass is 434 g/mol. The van der Waals surface area contributed by atoms with E-state index in [9.17, 15) is 41.4 Å². The van der Waals surface area contributed by atoms with Crippen molar-refractivity contribution in [2.24, 2.45) is 0 Å². The molecule has 2 aromatic carbocycles. The first-order valence-corrected chi connectivity index (χ1v) is 7.85. The van der Waals surface area contributed by atoms with Crippen molar-refractivity contribution in [3.63, 3.8) is 0 Å². The standard InChI is InChI=1S/C19H12F6O5/c1-2-12(26)9-13(10-3-5-14(27)16(7-10)29-18(20,21)22)11-4-6-15(28)17(8-11)30-19(23,24)25/h2-9,27-28H,1H2. The summed E-state index contributed by atoms with van der Waals surface area (Å²) in [5.41, 5.74) is -0.393. The average molecular weight is 434 g/mol. The second kappa shape index (κ2) is 8.39. The highest BCUT2D eigenvalue weighted by atomic mass is 19.4. The summed E-state index contributed by atoms with van der Waals surface area (Å²) in [6.45, 7) is 3.24. The van der Waals surface area contributed by atoms with Gasteiger partial charge in [0.25, 0.3) is 0 Å². The minimum Gasteiger partial charge on any atom is -0.504 e. The van der Waals surface area contributed by atoms with Crippen LogP contribution in [0.4, 0.5) is 26.3 Å². The Morgan fingerprint density at radius 1 is 0.833 bits per heavy atom. The summed E-state index contributed by atoms with van der Waals surface area (Å²) >= 11 is 0. The van der Waals surface area contributed by atoms with Gasteiger partial charge >= 0.3 is 12.7 Å². The fraction of sp³-hybridized carbons (Fsp3) is 0.105. The third-order valence-corrected chi connectivity index (χ3v) is 3.48. The van der Waals surface area contributed by atoms with Gasteiger partial charge in [-0.2, -0.15) is 0 Å². The minimum atomic E-state index is -5.14. The summed E-state index contributed by atoms with van der Waals surface area (Å²) in [6, 6.07) is 5.38. The van der Waals surface area contributed by atoms with Crippen molar-refractivity contribution >= 4 is 11.4 Å². The molecule has 30 heavy (non-hydrogen) atoms. The number of ether oxygens (including phenoxy) is 2. The molecule has 2 aromatic rings. The van der Waals surface area contributed by atoms with Crippen LogP contribution in [0.1, 0.15) is 11.1 Å². The summed E-state index contributed by atoms with van der Waals surface area (Å²) in [5, 5.41) is 19.2. The lowest BCUT2D eigenvalue weighted by atomic mass is 9.95. The SMILES string of the molecule is C=CC(=O)C=C(c1ccc(O)c(OC(F)(F)F)c1)c1ccc(O)c(OC(F)(F)F)c1. The first-order valence-electron chi connectivity index (χ1n) is 7.85. The van der Waals surface area contributed by atoms with Crippen molar-refractivity contribution in [1.29, 1.82) is 0 Å². The number of benzene rings is 2. The van der Waals surface area contributed by atoms with E-state index < -0.39 is 41.5 Å². The van der Waals surface area contributed by atoms with E-state index in [4.69, 9.17) is 0 Å². The molecule has 0 radical (unpaired) electrons. The molecule has 2 N–H and O–H groups in total. The lowest BCUT2D eigenvalue weighted by molar-refractivity contribution is -0.276. The van der Waals surface area contributed by atoms with E-state index in [0.29, 0.717) is 0 Å². The topological polar surface area (TPSA) is 76.0 Å². The molecule has 0 aliphatic heterocycles. The molecule has 0 atom stereocenters. The van der Waals surface area contributed by atoms with Crippen LogP contribution in [0.15, 0.2) is 55.1 Å². The molecule has 0 spiro atoms. The summed E-state index contributed by atoms with van der Waals surface area (Å²) in [5.74, 6) is -4.44. The number of aromatic hydroxyl groups is 2. The van der Waals surface area contributed by atoms with Crippen LogP contribution in [0.25, 0.3) is 5.57 Å². The maximum atomic E-state index is 12.5. The fourth-order valence-electron chi connectivity index (χ4n) is 2.31. The Hall–Kier alpha value is -3.63. The Morgan fingerprint density at radius 2 is 1.23 bits per heavy atom. The van der Waals surface area contributed by atoms with Gasteiger partial charge in [-0.15, -0.1) is 26.3 Å².